The topological polar surface area (TPSA) is 35.3 Å². The van der Waals surface area contributed by atoms with Gasteiger partial charge in [-0.1, -0.05) is 35.0 Å². The summed E-state index contributed by atoms with van der Waals surface area (Å²) in [7, 11) is 1.66. The first-order chi connectivity index (χ1) is 9.78. The Morgan fingerprint density at radius 2 is 1.55 bits per heavy atom. The van der Waals surface area contributed by atoms with Gasteiger partial charge in [0.15, 0.2) is 0 Å². The van der Waals surface area contributed by atoms with E-state index in [9.17, 15) is 0 Å². The van der Waals surface area contributed by atoms with Gasteiger partial charge in [-0.05, 0) is 36.8 Å². The molecule has 3 aromatic rings. The van der Waals surface area contributed by atoms with Gasteiger partial charge in [-0.15, -0.1) is 0 Å². The number of aromatic nitrogens is 1. The standard InChI is InChI=1S/C17H15NO2/c1-12-3-5-13(6-4-12)16-11-20-18-17(16)14-7-9-15(19-2)10-8-14/h3-11H,1-2H3. The first-order valence-electron chi connectivity index (χ1n) is 6.44. The lowest BCUT2D eigenvalue weighted by Crippen LogP contribution is -1.85. The highest BCUT2D eigenvalue weighted by molar-refractivity contribution is 5.80. The fourth-order valence-corrected chi connectivity index (χ4v) is 2.13. The average molecular weight is 265 g/mol. The molecule has 3 rings (SSSR count). The largest absolute Gasteiger partial charge is 0.497 e. The summed E-state index contributed by atoms with van der Waals surface area (Å²) in [6.07, 6.45) is 1.68. The number of methoxy groups -OCH3 is 1. The van der Waals surface area contributed by atoms with Gasteiger partial charge in [0.05, 0.1) is 7.11 Å². The maximum absolute atomic E-state index is 5.17. The lowest BCUT2D eigenvalue weighted by molar-refractivity contribution is 0.414. The average Bonchev–Trinajstić information content (AvgIpc) is 2.97. The van der Waals surface area contributed by atoms with Crippen molar-refractivity contribution >= 4 is 0 Å². The van der Waals surface area contributed by atoms with Crippen molar-refractivity contribution in [3.05, 3.63) is 60.4 Å². The van der Waals surface area contributed by atoms with E-state index in [2.05, 4.69) is 36.3 Å². The Morgan fingerprint density at radius 1 is 0.900 bits per heavy atom. The first kappa shape index (κ1) is 12.5. The van der Waals surface area contributed by atoms with Crippen molar-refractivity contribution < 1.29 is 9.26 Å². The summed E-state index contributed by atoms with van der Waals surface area (Å²) >= 11 is 0. The monoisotopic (exact) mass is 265 g/mol. The van der Waals surface area contributed by atoms with Crippen LogP contribution >= 0.6 is 0 Å². The minimum atomic E-state index is 0.828. The smallest absolute Gasteiger partial charge is 0.132 e. The van der Waals surface area contributed by atoms with Crippen molar-refractivity contribution in [2.24, 2.45) is 0 Å². The predicted molar refractivity (Wildman–Crippen MR) is 78.7 cm³/mol. The van der Waals surface area contributed by atoms with Gasteiger partial charge in [0.25, 0.3) is 0 Å². The van der Waals surface area contributed by atoms with E-state index in [0.29, 0.717) is 0 Å². The van der Waals surface area contributed by atoms with Crippen molar-refractivity contribution in [2.75, 3.05) is 7.11 Å². The minimum absolute atomic E-state index is 0.828. The zero-order valence-corrected chi connectivity index (χ0v) is 11.5. The molecule has 0 radical (unpaired) electrons. The van der Waals surface area contributed by atoms with Crippen LogP contribution in [-0.2, 0) is 0 Å². The number of hydrogen-bond donors (Lipinski definition) is 0. The Balaban J connectivity index is 2.02. The second kappa shape index (κ2) is 5.21. The first-order valence-corrected chi connectivity index (χ1v) is 6.44. The van der Waals surface area contributed by atoms with Crippen LogP contribution in [-0.4, -0.2) is 12.3 Å². The highest BCUT2D eigenvalue weighted by Crippen LogP contribution is 2.31. The Kier molecular flexibility index (Phi) is 3.25. The fourth-order valence-electron chi connectivity index (χ4n) is 2.13. The van der Waals surface area contributed by atoms with Crippen molar-refractivity contribution in [3.8, 4) is 28.1 Å². The molecular weight excluding hydrogens is 250 g/mol. The molecule has 20 heavy (non-hydrogen) atoms. The van der Waals surface area contributed by atoms with Crippen LogP contribution in [0.4, 0.5) is 0 Å². The minimum Gasteiger partial charge on any atom is -0.497 e. The highest BCUT2D eigenvalue weighted by Gasteiger charge is 2.12. The molecule has 0 spiro atoms. The number of ether oxygens (including phenoxy) is 1. The van der Waals surface area contributed by atoms with Gasteiger partial charge in [-0.3, -0.25) is 0 Å². The molecule has 3 nitrogen and oxygen atoms in total. The Hall–Kier alpha value is -2.55. The third-order valence-electron chi connectivity index (χ3n) is 3.30. The van der Waals surface area contributed by atoms with Crippen LogP contribution in [0, 0.1) is 6.92 Å². The number of nitrogens with zero attached hydrogens (tertiary/aromatic N) is 1. The molecule has 0 atom stereocenters. The van der Waals surface area contributed by atoms with E-state index in [-0.39, 0.29) is 0 Å². The van der Waals surface area contributed by atoms with Gasteiger partial charge in [0.2, 0.25) is 0 Å². The van der Waals surface area contributed by atoms with E-state index in [1.807, 2.05) is 24.3 Å². The molecule has 0 unspecified atom stereocenters. The highest BCUT2D eigenvalue weighted by atomic mass is 16.5. The van der Waals surface area contributed by atoms with Gasteiger partial charge in [-0.25, -0.2) is 0 Å². The lowest BCUT2D eigenvalue weighted by atomic mass is 10.0. The SMILES string of the molecule is COc1ccc(-c2nocc2-c2ccc(C)cc2)cc1. The molecule has 0 N–H and O–H groups in total. The van der Waals surface area contributed by atoms with E-state index in [0.717, 1.165) is 28.1 Å². The van der Waals surface area contributed by atoms with Crippen molar-refractivity contribution in [2.45, 2.75) is 6.92 Å². The van der Waals surface area contributed by atoms with Crippen LogP contribution in [0.2, 0.25) is 0 Å². The van der Waals surface area contributed by atoms with Gasteiger partial charge >= 0.3 is 0 Å². The summed E-state index contributed by atoms with van der Waals surface area (Å²) in [5.74, 6) is 0.828. The van der Waals surface area contributed by atoms with Crippen LogP contribution in [0.15, 0.2) is 59.3 Å². The Morgan fingerprint density at radius 3 is 2.20 bits per heavy atom. The Labute approximate surface area is 117 Å². The summed E-state index contributed by atoms with van der Waals surface area (Å²) in [6.45, 7) is 2.07. The van der Waals surface area contributed by atoms with Crippen LogP contribution in [0.5, 0.6) is 5.75 Å². The van der Waals surface area contributed by atoms with E-state index < -0.39 is 0 Å². The maximum atomic E-state index is 5.17. The van der Waals surface area contributed by atoms with Crippen LogP contribution in [0.25, 0.3) is 22.4 Å². The third kappa shape index (κ3) is 2.30. The molecular formula is C17H15NO2. The molecule has 0 fully saturated rings. The molecule has 1 heterocycles. The normalized spacial score (nSPS) is 10.5. The molecule has 100 valence electrons. The number of benzene rings is 2. The van der Waals surface area contributed by atoms with E-state index in [1.54, 1.807) is 13.4 Å². The molecule has 1 aromatic heterocycles. The van der Waals surface area contributed by atoms with Crippen LogP contribution < -0.4 is 4.74 Å². The molecule has 0 aliphatic carbocycles. The molecule has 0 saturated carbocycles. The molecule has 3 heteroatoms. The molecule has 0 amide bonds. The second-order valence-electron chi connectivity index (χ2n) is 4.67. The van der Waals surface area contributed by atoms with E-state index in [1.165, 1.54) is 5.56 Å². The summed E-state index contributed by atoms with van der Waals surface area (Å²) in [6, 6.07) is 16.1. The summed E-state index contributed by atoms with van der Waals surface area (Å²) in [4.78, 5) is 0. The van der Waals surface area contributed by atoms with Crippen LogP contribution in [0.3, 0.4) is 0 Å². The van der Waals surface area contributed by atoms with Crippen molar-refractivity contribution in [1.29, 1.82) is 0 Å². The zero-order valence-electron chi connectivity index (χ0n) is 11.5. The molecule has 0 saturated heterocycles. The van der Waals surface area contributed by atoms with Gasteiger partial charge in [0, 0.05) is 11.1 Å². The van der Waals surface area contributed by atoms with E-state index in [4.69, 9.17) is 9.26 Å². The van der Waals surface area contributed by atoms with Crippen molar-refractivity contribution in [3.63, 3.8) is 0 Å². The quantitative estimate of drug-likeness (QED) is 0.707. The van der Waals surface area contributed by atoms with Crippen molar-refractivity contribution in [1.82, 2.24) is 5.16 Å². The maximum Gasteiger partial charge on any atom is 0.132 e. The predicted octanol–water partition coefficient (Wildman–Crippen LogP) is 4.33. The Bertz CT molecular complexity index is 697. The molecule has 0 aliphatic rings. The third-order valence-corrected chi connectivity index (χ3v) is 3.30. The fraction of sp³-hybridized carbons (Fsp3) is 0.118. The summed E-state index contributed by atoms with van der Waals surface area (Å²) in [5.41, 5.74) is 5.18. The lowest BCUT2D eigenvalue weighted by Gasteiger charge is -2.04. The summed E-state index contributed by atoms with van der Waals surface area (Å²) < 4.78 is 10.3. The van der Waals surface area contributed by atoms with E-state index >= 15 is 0 Å². The second-order valence-corrected chi connectivity index (χ2v) is 4.67. The summed E-state index contributed by atoms with van der Waals surface area (Å²) in [5, 5.41) is 4.12. The van der Waals surface area contributed by atoms with Gasteiger partial charge in [-0.2, -0.15) is 0 Å². The number of hydrogen-bond acceptors (Lipinski definition) is 3. The molecule has 0 aliphatic heterocycles. The number of aryl methyl sites for hydroxylation is 1. The van der Waals surface area contributed by atoms with Crippen LogP contribution in [0.1, 0.15) is 5.56 Å². The molecule has 0 bridgehead atoms. The van der Waals surface area contributed by atoms with Gasteiger partial charge in [0.1, 0.15) is 17.7 Å². The number of rotatable bonds is 3. The van der Waals surface area contributed by atoms with Gasteiger partial charge < -0.3 is 9.26 Å². The zero-order chi connectivity index (χ0) is 13.9. The molecule has 2 aromatic carbocycles.